The van der Waals surface area contributed by atoms with Gasteiger partial charge in [-0.15, -0.1) is 0 Å². The first kappa shape index (κ1) is 15.0. The average molecular weight is 254 g/mol. The lowest BCUT2D eigenvalue weighted by Crippen LogP contribution is -2.48. The molecular formula is C14H26N2O2. The van der Waals surface area contributed by atoms with E-state index < -0.39 is 5.41 Å². The van der Waals surface area contributed by atoms with Crippen LogP contribution in [0.5, 0.6) is 0 Å². The highest BCUT2D eigenvalue weighted by atomic mass is 16.2. The highest BCUT2D eigenvalue weighted by molar-refractivity contribution is 6.04. The maximum Gasteiger partial charge on any atom is 0.237 e. The van der Waals surface area contributed by atoms with Crippen molar-refractivity contribution in [3.8, 4) is 0 Å². The van der Waals surface area contributed by atoms with Gasteiger partial charge in [0.2, 0.25) is 11.8 Å². The normalized spacial score (nSPS) is 15.8. The second-order valence-corrected chi connectivity index (χ2v) is 5.59. The summed E-state index contributed by atoms with van der Waals surface area (Å²) in [5.41, 5.74) is -0.934. The lowest BCUT2D eigenvalue weighted by atomic mass is 9.90. The topological polar surface area (TPSA) is 49.4 Å². The SMILES string of the molecule is CCCCCNC(=O)C(C)(C)C(=O)N1CCCC1. The summed E-state index contributed by atoms with van der Waals surface area (Å²) in [4.78, 5) is 26.1. The lowest BCUT2D eigenvalue weighted by molar-refractivity contribution is -0.147. The molecule has 1 N–H and O–H groups in total. The minimum absolute atomic E-state index is 0.0343. The maximum atomic E-state index is 12.3. The smallest absolute Gasteiger partial charge is 0.237 e. The van der Waals surface area contributed by atoms with E-state index in [-0.39, 0.29) is 11.8 Å². The third-order valence-electron chi connectivity index (χ3n) is 3.56. The van der Waals surface area contributed by atoms with Crippen molar-refractivity contribution in [3.05, 3.63) is 0 Å². The van der Waals surface area contributed by atoms with Crippen molar-refractivity contribution < 1.29 is 9.59 Å². The van der Waals surface area contributed by atoms with Gasteiger partial charge >= 0.3 is 0 Å². The number of unbranched alkanes of at least 4 members (excludes halogenated alkanes) is 2. The van der Waals surface area contributed by atoms with Crippen molar-refractivity contribution in [2.75, 3.05) is 19.6 Å². The summed E-state index contributed by atoms with van der Waals surface area (Å²) in [6.45, 7) is 7.84. The Morgan fingerprint density at radius 2 is 1.78 bits per heavy atom. The Morgan fingerprint density at radius 1 is 1.17 bits per heavy atom. The summed E-state index contributed by atoms with van der Waals surface area (Å²) in [6.07, 6.45) is 5.34. The van der Waals surface area contributed by atoms with Crippen LogP contribution in [0.2, 0.25) is 0 Å². The monoisotopic (exact) mass is 254 g/mol. The summed E-state index contributed by atoms with van der Waals surface area (Å²) in [5, 5.41) is 2.88. The highest BCUT2D eigenvalue weighted by Gasteiger charge is 2.39. The fraction of sp³-hybridized carbons (Fsp3) is 0.857. The molecule has 1 aliphatic rings. The Hall–Kier alpha value is -1.06. The molecule has 0 saturated carbocycles. The Labute approximate surface area is 110 Å². The second kappa shape index (κ2) is 6.76. The fourth-order valence-corrected chi connectivity index (χ4v) is 2.21. The van der Waals surface area contributed by atoms with Crippen molar-refractivity contribution >= 4 is 11.8 Å². The minimum Gasteiger partial charge on any atom is -0.355 e. The first-order chi connectivity index (χ1) is 8.50. The van der Waals surface area contributed by atoms with Crippen LogP contribution in [0, 0.1) is 5.41 Å². The zero-order valence-electron chi connectivity index (χ0n) is 11.9. The molecule has 0 atom stereocenters. The molecule has 0 unspecified atom stereocenters. The molecular weight excluding hydrogens is 228 g/mol. The molecule has 0 aliphatic carbocycles. The molecule has 1 saturated heterocycles. The molecule has 1 aliphatic heterocycles. The van der Waals surface area contributed by atoms with E-state index >= 15 is 0 Å². The standard InChI is InChI=1S/C14H26N2O2/c1-4-5-6-9-15-12(17)14(2,3)13(18)16-10-7-8-11-16/h4-11H2,1-3H3,(H,15,17). The number of nitrogens with one attached hydrogen (secondary N) is 1. The summed E-state index contributed by atoms with van der Waals surface area (Å²) in [6, 6.07) is 0. The first-order valence-corrected chi connectivity index (χ1v) is 7.07. The molecule has 0 aromatic rings. The van der Waals surface area contributed by atoms with Gasteiger partial charge < -0.3 is 10.2 Å². The van der Waals surface area contributed by atoms with E-state index in [1.807, 2.05) is 4.90 Å². The third-order valence-corrected chi connectivity index (χ3v) is 3.56. The minimum atomic E-state index is -0.934. The molecule has 4 heteroatoms. The molecule has 0 bridgehead atoms. The van der Waals surface area contributed by atoms with Crippen LogP contribution in [0.25, 0.3) is 0 Å². The second-order valence-electron chi connectivity index (χ2n) is 5.59. The third kappa shape index (κ3) is 3.72. The van der Waals surface area contributed by atoms with E-state index in [1.165, 1.54) is 0 Å². The van der Waals surface area contributed by atoms with Gasteiger partial charge in [-0.05, 0) is 33.1 Å². The number of rotatable bonds is 6. The predicted molar refractivity (Wildman–Crippen MR) is 72.1 cm³/mol. The zero-order chi connectivity index (χ0) is 13.6. The van der Waals surface area contributed by atoms with E-state index in [9.17, 15) is 9.59 Å². The van der Waals surface area contributed by atoms with Crippen molar-refractivity contribution in [1.82, 2.24) is 10.2 Å². The maximum absolute atomic E-state index is 12.3. The molecule has 18 heavy (non-hydrogen) atoms. The molecule has 1 fully saturated rings. The van der Waals surface area contributed by atoms with E-state index in [0.717, 1.165) is 45.2 Å². The van der Waals surface area contributed by atoms with Crippen molar-refractivity contribution in [1.29, 1.82) is 0 Å². The quantitative estimate of drug-likeness (QED) is 0.582. The summed E-state index contributed by atoms with van der Waals surface area (Å²) in [5.74, 6) is -0.177. The number of likely N-dealkylation sites (tertiary alicyclic amines) is 1. The Balaban J connectivity index is 2.45. The van der Waals surface area contributed by atoms with Crippen LogP contribution >= 0.6 is 0 Å². The fourth-order valence-electron chi connectivity index (χ4n) is 2.21. The molecule has 1 rings (SSSR count). The van der Waals surface area contributed by atoms with Crippen LogP contribution in [0.4, 0.5) is 0 Å². The van der Waals surface area contributed by atoms with Crippen molar-refractivity contribution in [2.24, 2.45) is 5.41 Å². The van der Waals surface area contributed by atoms with Crippen LogP contribution in [-0.4, -0.2) is 36.3 Å². The van der Waals surface area contributed by atoms with Gasteiger partial charge in [0.15, 0.2) is 0 Å². The lowest BCUT2D eigenvalue weighted by Gasteiger charge is -2.28. The van der Waals surface area contributed by atoms with Gasteiger partial charge in [-0.3, -0.25) is 9.59 Å². The molecule has 0 aromatic carbocycles. The summed E-state index contributed by atoms with van der Waals surface area (Å²) in [7, 11) is 0. The van der Waals surface area contributed by atoms with Gasteiger partial charge in [0.25, 0.3) is 0 Å². The molecule has 104 valence electrons. The van der Waals surface area contributed by atoms with Gasteiger partial charge in [0, 0.05) is 19.6 Å². The van der Waals surface area contributed by atoms with Crippen molar-refractivity contribution in [3.63, 3.8) is 0 Å². The zero-order valence-corrected chi connectivity index (χ0v) is 11.9. The number of hydrogen-bond acceptors (Lipinski definition) is 2. The molecule has 2 amide bonds. The summed E-state index contributed by atoms with van der Waals surface area (Å²) >= 11 is 0. The van der Waals surface area contributed by atoms with E-state index in [2.05, 4.69) is 12.2 Å². The molecule has 0 spiro atoms. The van der Waals surface area contributed by atoms with Gasteiger partial charge in [0.05, 0.1) is 0 Å². The molecule has 4 nitrogen and oxygen atoms in total. The largest absolute Gasteiger partial charge is 0.355 e. The van der Waals surface area contributed by atoms with Crippen LogP contribution in [0.15, 0.2) is 0 Å². The van der Waals surface area contributed by atoms with Gasteiger partial charge in [-0.2, -0.15) is 0 Å². The molecule has 0 aromatic heterocycles. The van der Waals surface area contributed by atoms with Crippen LogP contribution in [0.1, 0.15) is 52.9 Å². The van der Waals surface area contributed by atoms with Gasteiger partial charge in [-0.25, -0.2) is 0 Å². The van der Waals surface area contributed by atoms with E-state index in [4.69, 9.17) is 0 Å². The van der Waals surface area contributed by atoms with Crippen LogP contribution in [-0.2, 0) is 9.59 Å². The Kier molecular flexibility index (Phi) is 5.63. The Morgan fingerprint density at radius 3 is 2.33 bits per heavy atom. The van der Waals surface area contributed by atoms with E-state index in [1.54, 1.807) is 13.8 Å². The number of carbonyl (C=O) groups is 2. The molecule has 0 radical (unpaired) electrons. The van der Waals surface area contributed by atoms with Gasteiger partial charge in [0.1, 0.15) is 5.41 Å². The number of carbonyl (C=O) groups excluding carboxylic acids is 2. The van der Waals surface area contributed by atoms with Crippen molar-refractivity contribution in [2.45, 2.75) is 52.9 Å². The summed E-state index contributed by atoms with van der Waals surface area (Å²) < 4.78 is 0. The van der Waals surface area contributed by atoms with Crippen LogP contribution in [0.3, 0.4) is 0 Å². The number of hydrogen-bond donors (Lipinski definition) is 1. The number of amides is 2. The molecule has 1 heterocycles. The Bertz CT molecular complexity index is 294. The van der Waals surface area contributed by atoms with E-state index in [0.29, 0.717) is 6.54 Å². The average Bonchev–Trinajstić information content (AvgIpc) is 2.86. The highest BCUT2D eigenvalue weighted by Crippen LogP contribution is 2.22. The first-order valence-electron chi connectivity index (χ1n) is 7.07. The van der Waals surface area contributed by atoms with Crippen LogP contribution < -0.4 is 5.32 Å². The van der Waals surface area contributed by atoms with Gasteiger partial charge in [-0.1, -0.05) is 19.8 Å². The predicted octanol–water partition coefficient (Wildman–Crippen LogP) is 1.94. The number of nitrogens with zero attached hydrogens (tertiary/aromatic N) is 1.